The van der Waals surface area contributed by atoms with E-state index in [1.807, 2.05) is 25.6 Å². The van der Waals surface area contributed by atoms with Crippen LogP contribution in [0.3, 0.4) is 0 Å². The first-order valence-electron chi connectivity index (χ1n) is 6.14. The van der Waals surface area contributed by atoms with Gasteiger partial charge in [-0.1, -0.05) is 0 Å². The average Bonchev–Trinajstić information content (AvgIpc) is 2.92. The molecule has 0 saturated carbocycles. The zero-order valence-electron chi connectivity index (χ0n) is 11.7. The highest BCUT2D eigenvalue weighted by molar-refractivity contribution is 5.42. The van der Waals surface area contributed by atoms with Crippen molar-refractivity contribution in [3.05, 3.63) is 12.2 Å². The minimum atomic E-state index is 0.295. The number of anilines is 3. The molecule has 10 heteroatoms. The molecular formula is C10H18N10. The highest BCUT2D eigenvalue weighted by atomic mass is 15.4. The number of nitrogen functional groups attached to an aromatic ring is 1. The van der Waals surface area contributed by atoms with Gasteiger partial charge in [-0.2, -0.15) is 15.0 Å². The molecule has 0 bridgehead atoms. The molecule has 0 amide bonds. The van der Waals surface area contributed by atoms with Crippen molar-refractivity contribution in [2.24, 2.45) is 5.84 Å². The third-order valence-electron chi connectivity index (χ3n) is 2.59. The second-order valence-electron chi connectivity index (χ2n) is 4.21. The molecule has 0 aliphatic carbocycles. The van der Waals surface area contributed by atoms with Gasteiger partial charge >= 0.3 is 0 Å². The average molecular weight is 278 g/mol. The molecule has 0 spiro atoms. The maximum absolute atomic E-state index is 5.35. The van der Waals surface area contributed by atoms with Gasteiger partial charge in [0, 0.05) is 20.6 Å². The number of hydrogen-bond acceptors (Lipinski definition) is 9. The van der Waals surface area contributed by atoms with Crippen molar-refractivity contribution in [3.63, 3.8) is 0 Å². The third kappa shape index (κ3) is 3.09. The number of hydrazine groups is 1. The molecule has 2 heterocycles. The Hall–Kier alpha value is -2.49. The van der Waals surface area contributed by atoms with Crippen LogP contribution in [0.1, 0.15) is 12.7 Å². The van der Waals surface area contributed by atoms with Gasteiger partial charge in [-0.3, -0.25) is 5.43 Å². The monoisotopic (exact) mass is 278 g/mol. The van der Waals surface area contributed by atoms with Gasteiger partial charge in [0.1, 0.15) is 6.33 Å². The van der Waals surface area contributed by atoms with E-state index in [0.29, 0.717) is 24.4 Å². The van der Waals surface area contributed by atoms with Crippen LogP contribution in [0, 0.1) is 0 Å². The van der Waals surface area contributed by atoms with E-state index in [9.17, 15) is 0 Å². The number of nitrogens with one attached hydrogen (secondary N) is 2. The van der Waals surface area contributed by atoms with Gasteiger partial charge in [-0.15, -0.1) is 10.2 Å². The third-order valence-corrected chi connectivity index (χ3v) is 2.59. The Kier molecular flexibility index (Phi) is 4.25. The Morgan fingerprint density at radius 2 is 2.00 bits per heavy atom. The lowest BCUT2D eigenvalue weighted by Gasteiger charge is -2.13. The van der Waals surface area contributed by atoms with Crippen LogP contribution in [0.25, 0.3) is 0 Å². The zero-order valence-corrected chi connectivity index (χ0v) is 11.7. The lowest BCUT2D eigenvalue weighted by Crippen LogP contribution is -2.19. The predicted octanol–water partition coefficient (Wildman–Crippen LogP) is -0.553. The van der Waals surface area contributed by atoms with Gasteiger partial charge in [-0.05, 0) is 6.92 Å². The summed E-state index contributed by atoms with van der Waals surface area (Å²) in [6.45, 7) is 3.30. The topological polar surface area (TPSA) is 123 Å². The summed E-state index contributed by atoms with van der Waals surface area (Å²) in [5.41, 5.74) is 2.42. The number of aryl methyl sites for hydroxylation is 1. The second kappa shape index (κ2) is 6.10. The van der Waals surface area contributed by atoms with Crippen molar-refractivity contribution in [3.8, 4) is 0 Å². The molecule has 0 aromatic carbocycles. The fourth-order valence-corrected chi connectivity index (χ4v) is 1.55. The summed E-state index contributed by atoms with van der Waals surface area (Å²) in [5.74, 6) is 7.38. The minimum Gasteiger partial charge on any atom is -0.347 e. The van der Waals surface area contributed by atoms with Crippen LogP contribution in [0.15, 0.2) is 6.33 Å². The van der Waals surface area contributed by atoms with E-state index in [1.165, 1.54) is 0 Å². The maximum Gasteiger partial charge on any atom is 0.243 e. The number of rotatable bonds is 6. The van der Waals surface area contributed by atoms with Crippen molar-refractivity contribution < 1.29 is 0 Å². The van der Waals surface area contributed by atoms with Crippen LogP contribution >= 0.6 is 0 Å². The van der Waals surface area contributed by atoms with Crippen molar-refractivity contribution in [1.82, 2.24) is 29.7 Å². The first kappa shape index (κ1) is 13.9. The van der Waals surface area contributed by atoms with E-state index < -0.39 is 0 Å². The van der Waals surface area contributed by atoms with E-state index in [2.05, 4.69) is 35.9 Å². The summed E-state index contributed by atoms with van der Waals surface area (Å²) < 4.78 is 1.93. The quantitative estimate of drug-likeness (QED) is 0.471. The molecule has 10 nitrogen and oxygen atoms in total. The summed E-state index contributed by atoms with van der Waals surface area (Å²) >= 11 is 0. The van der Waals surface area contributed by atoms with Crippen molar-refractivity contribution >= 4 is 17.8 Å². The smallest absolute Gasteiger partial charge is 0.243 e. The van der Waals surface area contributed by atoms with E-state index in [-0.39, 0.29) is 0 Å². The Labute approximate surface area is 116 Å². The van der Waals surface area contributed by atoms with E-state index >= 15 is 0 Å². The van der Waals surface area contributed by atoms with Gasteiger partial charge in [0.25, 0.3) is 0 Å². The van der Waals surface area contributed by atoms with Gasteiger partial charge in [0.05, 0.1) is 6.54 Å². The summed E-state index contributed by atoms with van der Waals surface area (Å²) in [6, 6.07) is 0. The summed E-state index contributed by atoms with van der Waals surface area (Å²) in [5, 5.41) is 11.0. The molecule has 108 valence electrons. The molecule has 0 unspecified atom stereocenters. The lowest BCUT2D eigenvalue weighted by molar-refractivity contribution is 0.706. The van der Waals surface area contributed by atoms with Crippen molar-refractivity contribution in [1.29, 1.82) is 0 Å². The molecule has 2 rings (SSSR count). The van der Waals surface area contributed by atoms with Crippen molar-refractivity contribution in [2.45, 2.75) is 20.0 Å². The van der Waals surface area contributed by atoms with Crippen LogP contribution in [0.4, 0.5) is 17.8 Å². The first-order valence-corrected chi connectivity index (χ1v) is 6.14. The molecular weight excluding hydrogens is 260 g/mol. The van der Waals surface area contributed by atoms with E-state index in [1.54, 1.807) is 11.2 Å². The Morgan fingerprint density at radius 3 is 2.65 bits per heavy atom. The van der Waals surface area contributed by atoms with Crippen LogP contribution in [0.2, 0.25) is 0 Å². The largest absolute Gasteiger partial charge is 0.347 e. The number of nitrogens with two attached hydrogens (primary N) is 1. The Morgan fingerprint density at radius 1 is 1.25 bits per heavy atom. The minimum absolute atomic E-state index is 0.295. The molecule has 0 aliphatic rings. The fraction of sp³-hybridized carbons (Fsp3) is 0.500. The molecule has 0 radical (unpaired) electrons. The molecule has 0 saturated heterocycles. The van der Waals surface area contributed by atoms with Crippen LogP contribution in [0.5, 0.6) is 0 Å². The highest BCUT2D eigenvalue weighted by Gasteiger charge is 2.08. The van der Waals surface area contributed by atoms with Gasteiger partial charge < -0.3 is 14.8 Å². The van der Waals surface area contributed by atoms with E-state index in [0.717, 1.165) is 12.4 Å². The van der Waals surface area contributed by atoms with E-state index in [4.69, 9.17) is 5.84 Å². The predicted molar refractivity (Wildman–Crippen MR) is 75.0 cm³/mol. The molecule has 2 aromatic rings. The number of aromatic nitrogens is 6. The SMILES string of the molecule is CCn1cnnc1CNc1nc(NN)nc(N(C)C)n1. The second-order valence-corrected chi connectivity index (χ2v) is 4.21. The summed E-state index contributed by atoms with van der Waals surface area (Å²) in [4.78, 5) is 14.3. The fourth-order valence-electron chi connectivity index (χ4n) is 1.55. The van der Waals surface area contributed by atoms with Crippen molar-refractivity contribution in [2.75, 3.05) is 29.7 Å². The summed E-state index contributed by atoms with van der Waals surface area (Å²) in [6.07, 6.45) is 1.68. The standard InChI is InChI=1S/C10H18N10/c1-4-20-6-13-18-7(20)5-12-8-14-9(17-11)16-10(15-8)19(2)3/h6H,4-5,11H2,1-3H3,(H2,12,14,15,16,17). The molecule has 4 N–H and O–H groups in total. The molecule has 0 atom stereocenters. The first-order chi connectivity index (χ1) is 9.63. The highest BCUT2D eigenvalue weighted by Crippen LogP contribution is 2.11. The maximum atomic E-state index is 5.35. The number of hydrogen-bond donors (Lipinski definition) is 3. The normalized spacial score (nSPS) is 10.4. The van der Waals surface area contributed by atoms with Crippen LogP contribution in [-0.2, 0) is 13.1 Å². The molecule has 2 aromatic heterocycles. The molecule has 20 heavy (non-hydrogen) atoms. The van der Waals surface area contributed by atoms with Gasteiger partial charge in [0.15, 0.2) is 5.82 Å². The molecule has 0 fully saturated rings. The van der Waals surface area contributed by atoms with Crippen LogP contribution < -0.4 is 21.5 Å². The van der Waals surface area contributed by atoms with Gasteiger partial charge in [0.2, 0.25) is 17.8 Å². The lowest BCUT2D eigenvalue weighted by atomic mass is 10.5. The summed E-state index contributed by atoms with van der Waals surface area (Å²) in [7, 11) is 3.68. The Bertz CT molecular complexity index is 563. The zero-order chi connectivity index (χ0) is 14.5. The van der Waals surface area contributed by atoms with Gasteiger partial charge in [-0.25, -0.2) is 5.84 Å². The Balaban J connectivity index is 2.14. The number of nitrogens with zero attached hydrogens (tertiary/aromatic N) is 7. The van der Waals surface area contributed by atoms with Crippen LogP contribution in [-0.4, -0.2) is 43.8 Å². The molecule has 0 aliphatic heterocycles.